The van der Waals surface area contributed by atoms with Crippen molar-refractivity contribution in [3.63, 3.8) is 0 Å². The third kappa shape index (κ3) is 3.26. The molecule has 0 fully saturated rings. The normalized spacial score (nSPS) is 21.7. The van der Waals surface area contributed by atoms with Gasteiger partial charge in [0.15, 0.2) is 0 Å². The van der Waals surface area contributed by atoms with E-state index in [2.05, 4.69) is 39.8 Å². The SMILES string of the molecule is COC=C(C)C=CC1=C(C)CCCC1(C)C. The number of hydrogen-bond donors (Lipinski definition) is 0. The molecule has 0 atom stereocenters. The highest BCUT2D eigenvalue weighted by atomic mass is 16.5. The molecule has 0 heterocycles. The summed E-state index contributed by atoms with van der Waals surface area (Å²) in [5, 5.41) is 0. The maximum Gasteiger partial charge on any atom is 0.0853 e. The van der Waals surface area contributed by atoms with Crippen molar-refractivity contribution in [1.82, 2.24) is 0 Å². The molecule has 0 bridgehead atoms. The van der Waals surface area contributed by atoms with Crippen molar-refractivity contribution < 1.29 is 4.74 Å². The summed E-state index contributed by atoms with van der Waals surface area (Å²) in [5.41, 5.74) is 4.52. The molecule has 16 heavy (non-hydrogen) atoms. The van der Waals surface area contributed by atoms with Gasteiger partial charge in [0.2, 0.25) is 0 Å². The quantitative estimate of drug-likeness (QED) is 0.498. The van der Waals surface area contributed by atoms with Crippen molar-refractivity contribution in [1.29, 1.82) is 0 Å². The summed E-state index contributed by atoms with van der Waals surface area (Å²) in [6, 6.07) is 0. The molecule has 0 radical (unpaired) electrons. The van der Waals surface area contributed by atoms with E-state index in [1.54, 1.807) is 13.4 Å². The van der Waals surface area contributed by atoms with Crippen LogP contribution in [0.4, 0.5) is 0 Å². The van der Waals surface area contributed by atoms with Crippen LogP contribution in [0.1, 0.15) is 47.0 Å². The summed E-state index contributed by atoms with van der Waals surface area (Å²) in [4.78, 5) is 0. The zero-order valence-electron chi connectivity index (χ0n) is 11.3. The average molecular weight is 220 g/mol. The Balaban J connectivity index is 2.89. The molecule has 1 aliphatic carbocycles. The number of methoxy groups -OCH3 is 1. The van der Waals surface area contributed by atoms with Gasteiger partial charge in [0, 0.05) is 0 Å². The highest BCUT2D eigenvalue weighted by Gasteiger charge is 2.26. The molecule has 1 nitrogen and oxygen atoms in total. The molecule has 0 aromatic heterocycles. The molecule has 0 amide bonds. The minimum atomic E-state index is 0.326. The molecular weight excluding hydrogens is 196 g/mol. The lowest BCUT2D eigenvalue weighted by molar-refractivity contribution is 0.335. The Hall–Kier alpha value is -0.980. The second-order valence-corrected chi connectivity index (χ2v) is 5.36. The number of rotatable bonds is 3. The zero-order chi connectivity index (χ0) is 12.2. The second kappa shape index (κ2) is 5.38. The van der Waals surface area contributed by atoms with Crippen LogP contribution >= 0.6 is 0 Å². The first kappa shape index (κ1) is 13.1. The minimum absolute atomic E-state index is 0.326. The second-order valence-electron chi connectivity index (χ2n) is 5.36. The van der Waals surface area contributed by atoms with E-state index in [1.807, 2.05) is 0 Å². The van der Waals surface area contributed by atoms with Crippen molar-refractivity contribution in [2.75, 3.05) is 7.11 Å². The van der Waals surface area contributed by atoms with E-state index in [-0.39, 0.29) is 0 Å². The van der Waals surface area contributed by atoms with Crippen LogP contribution in [0.3, 0.4) is 0 Å². The first-order valence-corrected chi connectivity index (χ1v) is 6.05. The molecule has 0 N–H and O–H groups in total. The van der Waals surface area contributed by atoms with Crippen LogP contribution in [0.25, 0.3) is 0 Å². The van der Waals surface area contributed by atoms with Gasteiger partial charge < -0.3 is 4.74 Å². The standard InChI is InChI=1S/C15H24O/c1-12(11-16-5)8-9-14-13(2)7-6-10-15(14,3)4/h8-9,11H,6-7,10H2,1-5H3. The summed E-state index contributed by atoms with van der Waals surface area (Å²) < 4.78 is 4.99. The van der Waals surface area contributed by atoms with Gasteiger partial charge in [0.25, 0.3) is 0 Å². The largest absolute Gasteiger partial charge is 0.504 e. The van der Waals surface area contributed by atoms with Crippen molar-refractivity contribution in [3.8, 4) is 0 Å². The molecule has 0 aliphatic heterocycles. The number of hydrogen-bond acceptors (Lipinski definition) is 1. The fourth-order valence-electron chi connectivity index (χ4n) is 2.45. The summed E-state index contributed by atoms with van der Waals surface area (Å²) in [6.45, 7) is 9.00. The first-order valence-electron chi connectivity index (χ1n) is 6.05. The van der Waals surface area contributed by atoms with E-state index in [0.29, 0.717) is 5.41 Å². The van der Waals surface area contributed by atoms with Gasteiger partial charge in [-0.3, -0.25) is 0 Å². The van der Waals surface area contributed by atoms with Gasteiger partial charge in [-0.25, -0.2) is 0 Å². The Bertz CT molecular complexity index is 329. The predicted molar refractivity (Wildman–Crippen MR) is 70.2 cm³/mol. The van der Waals surface area contributed by atoms with Crippen molar-refractivity contribution >= 4 is 0 Å². The van der Waals surface area contributed by atoms with E-state index in [4.69, 9.17) is 4.74 Å². The third-order valence-electron chi connectivity index (χ3n) is 3.36. The molecule has 0 spiro atoms. The average Bonchev–Trinajstić information content (AvgIpc) is 2.16. The van der Waals surface area contributed by atoms with Crippen LogP contribution in [-0.2, 0) is 4.74 Å². The van der Waals surface area contributed by atoms with Crippen LogP contribution in [-0.4, -0.2) is 7.11 Å². The van der Waals surface area contributed by atoms with Crippen molar-refractivity contribution in [2.45, 2.75) is 47.0 Å². The van der Waals surface area contributed by atoms with Gasteiger partial charge in [-0.15, -0.1) is 0 Å². The van der Waals surface area contributed by atoms with Gasteiger partial charge in [-0.2, -0.15) is 0 Å². The lowest BCUT2D eigenvalue weighted by Gasteiger charge is -2.32. The van der Waals surface area contributed by atoms with Crippen LogP contribution < -0.4 is 0 Å². The Labute approximate surface area is 99.9 Å². The minimum Gasteiger partial charge on any atom is -0.504 e. The smallest absolute Gasteiger partial charge is 0.0853 e. The Morgan fingerprint density at radius 3 is 2.62 bits per heavy atom. The molecule has 0 saturated carbocycles. The van der Waals surface area contributed by atoms with Gasteiger partial charge >= 0.3 is 0 Å². The van der Waals surface area contributed by atoms with E-state index in [9.17, 15) is 0 Å². The van der Waals surface area contributed by atoms with Gasteiger partial charge in [0.1, 0.15) is 0 Å². The molecule has 1 rings (SSSR count). The molecule has 0 aromatic carbocycles. The van der Waals surface area contributed by atoms with Crippen LogP contribution in [0.2, 0.25) is 0 Å². The molecule has 0 aromatic rings. The van der Waals surface area contributed by atoms with Crippen molar-refractivity contribution in [2.24, 2.45) is 5.41 Å². The predicted octanol–water partition coefficient (Wildman–Crippen LogP) is 4.62. The van der Waals surface area contributed by atoms with Crippen LogP contribution in [0.5, 0.6) is 0 Å². The summed E-state index contributed by atoms with van der Waals surface area (Å²) in [5.74, 6) is 0. The molecule has 0 saturated heterocycles. The topological polar surface area (TPSA) is 9.23 Å². The maximum absolute atomic E-state index is 4.99. The molecular formula is C15H24O. The monoisotopic (exact) mass is 220 g/mol. The fraction of sp³-hybridized carbons (Fsp3) is 0.600. The first-order chi connectivity index (χ1) is 7.47. The molecule has 90 valence electrons. The molecule has 1 aliphatic rings. The lowest BCUT2D eigenvalue weighted by Crippen LogP contribution is -2.19. The third-order valence-corrected chi connectivity index (χ3v) is 3.36. The summed E-state index contributed by atoms with van der Waals surface area (Å²) in [7, 11) is 1.69. The Kier molecular flexibility index (Phi) is 4.40. The van der Waals surface area contributed by atoms with Gasteiger partial charge in [-0.1, -0.05) is 31.6 Å². The number of ether oxygens (including phenoxy) is 1. The van der Waals surface area contributed by atoms with Gasteiger partial charge in [0.05, 0.1) is 13.4 Å². The van der Waals surface area contributed by atoms with E-state index in [0.717, 1.165) is 5.57 Å². The van der Waals surface area contributed by atoms with Gasteiger partial charge in [-0.05, 0) is 49.7 Å². The molecule has 0 unspecified atom stereocenters. The highest BCUT2D eigenvalue weighted by Crippen LogP contribution is 2.40. The van der Waals surface area contributed by atoms with Crippen LogP contribution in [0, 0.1) is 5.41 Å². The fourth-order valence-corrected chi connectivity index (χ4v) is 2.45. The maximum atomic E-state index is 4.99. The summed E-state index contributed by atoms with van der Waals surface area (Å²) >= 11 is 0. The Morgan fingerprint density at radius 2 is 2.06 bits per heavy atom. The summed E-state index contributed by atoms with van der Waals surface area (Å²) in [6.07, 6.45) is 10.0. The van der Waals surface area contributed by atoms with E-state index >= 15 is 0 Å². The van der Waals surface area contributed by atoms with E-state index in [1.165, 1.54) is 30.4 Å². The zero-order valence-corrected chi connectivity index (χ0v) is 11.3. The molecule has 1 heteroatoms. The number of allylic oxidation sites excluding steroid dienone is 5. The van der Waals surface area contributed by atoms with E-state index < -0.39 is 0 Å². The van der Waals surface area contributed by atoms with Crippen molar-refractivity contribution in [3.05, 3.63) is 35.1 Å². The Morgan fingerprint density at radius 1 is 1.38 bits per heavy atom. The highest BCUT2D eigenvalue weighted by molar-refractivity contribution is 5.35. The lowest BCUT2D eigenvalue weighted by atomic mass is 9.72. The van der Waals surface area contributed by atoms with Crippen LogP contribution in [0.15, 0.2) is 35.1 Å².